The van der Waals surface area contributed by atoms with E-state index >= 15 is 0 Å². The number of hydrogen-bond acceptors (Lipinski definition) is 6. The van der Waals surface area contributed by atoms with Crippen LogP contribution < -0.4 is 4.74 Å². The summed E-state index contributed by atoms with van der Waals surface area (Å²) in [5.74, 6) is 0.783. The molecule has 2 aliphatic carbocycles. The van der Waals surface area contributed by atoms with E-state index in [2.05, 4.69) is 31.1 Å². The maximum Gasteiger partial charge on any atom is 0.265 e. The third-order valence-corrected chi connectivity index (χ3v) is 14.1. The molecule has 3 atom stereocenters. The van der Waals surface area contributed by atoms with Crippen molar-refractivity contribution in [2.24, 2.45) is 16.7 Å². The van der Waals surface area contributed by atoms with E-state index in [1.54, 1.807) is 7.11 Å². The predicted molar refractivity (Wildman–Crippen MR) is 141 cm³/mol. The molecule has 2 N–H and O–H groups in total. The van der Waals surface area contributed by atoms with E-state index in [9.17, 15) is 18.0 Å². The number of ketones is 1. The van der Waals surface area contributed by atoms with Crippen LogP contribution in [0.25, 0.3) is 0 Å². The number of benzene rings is 1. The number of nitrogens with zero attached hydrogens (tertiary/aromatic N) is 1. The molecule has 3 unspecified atom stereocenters. The van der Waals surface area contributed by atoms with Crippen LogP contribution in [0.4, 0.5) is 0 Å². The van der Waals surface area contributed by atoms with Crippen molar-refractivity contribution in [2.75, 3.05) is 33.5 Å². The molecule has 1 heterocycles. The summed E-state index contributed by atoms with van der Waals surface area (Å²) in [5, 5.41) is 0. The van der Waals surface area contributed by atoms with Crippen LogP contribution in [-0.4, -0.2) is 70.3 Å². The van der Waals surface area contributed by atoms with Crippen molar-refractivity contribution in [1.29, 1.82) is 0 Å². The molecule has 0 aromatic heterocycles. The van der Waals surface area contributed by atoms with Crippen LogP contribution in [0.3, 0.4) is 0 Å². The highest BCUT2D eigenvalue weighted by molar-refractivity contribution is 7.85. The predicted octanol–water partition coefficient (Wildman–Crippen LogP) is 4.27. The molecule has 2 bridgehead atoms. The summed E-state index contributed by atoms with van der Waals surface area (Å²) in [6.45, 7) is 4.83. The highest BCUT2D eigenvalue weighted by Crippen LogP contribution is 2.64. The first kappa shape index (κ1) is 28.3. The van der Waals surface area contributed by atoms with E-state index in [0.717, 1.165) is 30.8 Å². The van der Waals surface area contributed by atoms with Crippen molar-refractivity contribution >= 4 is 24.2 Å². The third-order valence-electron chi connectivity index (χ3n) is 9.00. The van der Waals surface area contributed by atoms with Crippen molar-refractivity contribution in [3.05, 3.63) is 29.8 Å². The minimum absolute atomic E-state index is 0.0152. The molecule has 198 valence electrons. The molecule has 35 heavy (non-hydrogen) atoms. The number of rotatable bonds is 7. The number of methoxy groups -OCH3 is 1. The molecule has 9 heteroatoms. The topological polar surface area (TPSA) is 104 Å². The van der Waals surface area contributed by atoms with Gasteiger partial charge in [-0.1, -0.05) is 45.2 Å². The number of fused-ring (bicyclic) bond motifs is 2. The van der Waals surface area contributed by atoms with Gasteiger partial charge in [-0.25, -0.2) is 0 Å². The molecule has 3 aliphatic rings. The highest BCUT2D eigenvalue weighted by Gasteiger charge is 2.65. The lowest BCUT2D eigenvalue weighted by molar-refractivity contribution is -0.128. The van der Waals surface area contributed by atoms with Gasteiger partial charge in [0.2, 0.25) is 0 Å². The Balaban J connectivity index is 0.000000203. The lowest BCUT2D eigenvalue weighted by atomic mass is 9.70. The molecular formula is C26H43NO6SSi. The van der Waals surface area contributed by atoms with Gasteiger partial charge in [0.1, 0.15) is 11.5 Å². The summed E-state index contributed by atoms with van der Waals surface area (Å²) in [4.78, 5) is 25.3. The van der Waals surface area contributed by atoms with Crippen molar-refractivity contribution in [3.63, 3.8) is 0 Å². The Kier molecular flexibility index (Phi) is 8.59. The molecule has 0 radical (unpaired) electrons. The normalized spacial score (nSPS) is 27.9. The minimum atomic E-state index is -4.08. The maximum atomic E-state index is 11.9. The monoisotopic (exact) mass is 525 g/mol. The van der Waals surface area contributed by atoms with Crippen LogP contribution in [0.1, 0.15) is 63.5 Å². The Hall–Kier alpha value is -1.26. The molecule has 1 aromatic carbocycles. The van der Waals surface area contributed by atoms with Crippen LogP contribution >= 0.6 is 0 Å². The fourth-order valence-corrected chi connectivity index (χ4v) is 12.2. The summed E-state index contributed by atoms with van der Waals surface area (Å²) in [5.41, 5.74) is 0.463. The molecule has 1 saturated heterocycles. The number of carbonyl (C=O) groups is 1. The standard InChI is InChI=1S/C16H27NO2Si.C10H16O4S/c1-17(2)13-16(20(18)11-5-4-6-12-20)14-7-9-15(19-3)10-8-14;1-9(2)7-3-4-10(9,8(11)5-7)6-15(12,13)14/h7-10,16,18H,4-6,11-13H2,1-3H3;7H,3-6H2,1-2H3,(H,12,13,14). The Bertz CT molecular complexity index is 988. The van der Waals surface area contributed by atoms with Gasteiger partial charge in [0.15, 0.2) is 8.32 Å². The van der Waals surface area contributed by atoms with Crippen LogP contribution in [-0.2, 0) is 14.9 Å². The average Bonchev–Trinajstić information content (AvgIpc) is 3.11. The quantitative estimate of drug-likeness (QED) is 0.405. The van der Waals surface area contributed by atoms with Crippen LogP contribution in [0.5, 0.6) is 5.75 Å². The Labute approximate surface area is 212 Å². The van der Waals surface area contributed by atoms with E-state index in [1.165, 1.54) is 24.8 Å². The third kappa shape index (κ3) is 6.01. The van der Waals surface area contributed by atoms with Gasteiger partial charge in [-0.2, -0.15) is 8.42 Å². The van der Waals surface area contributed by atoms with E-state index in [1.807, 2.05) is 26.0 Å². The van der Waals surface area contributed by atoms with E-state index in [4.69, 9.17) is 9.29 Å². The zero-order chi connectivity index (χ0) is 26.1. The zero-order valence-electron chi connectivity index (χ0n) is 21.9. The molecular weight excluding hydrogens is 482 g/mol. The number of carbonyl (C=O) groups excluding carboxylic acids is 1. The molecule has 3 fully saturated rings. The van der Waals surface area contributed by atoms with E-state index < -0.39 is 29.6 Å². The minimum Gasteiger partial charge on any atom is -0.497 e. The second-order valence-electron chi connectivity index (χ2n) is 11.6. The van der Waals surface area contributed by atoms with E-state index in [0.29, 0.717) is 18.4 Å². The fourth-order valence-electron chi connectivity index (χ4n) is 6.72. The van der Waals surface area contributed by atoms with Gasteiger partial charge in [0, 0.05) is 18.5 Å². The van der Waals surface area contributed by atoms with Crippen LogP contribution in [0, 0.1) is 16.7 Å². The van der Waals surface area contributed by atoms with Gasteiger partial charge in [-0.05, 0) is 68.1 Å². The molecule has 0 amide bonds. The maximum absolute atomic E-state index is 11.9. The first-order valence-corrected chi connectivity index (χ1v) is 16.8. The summed E-state index contributed by atoms with van der Waals surface area (Å²) in [7, 11) is -0.377. The average molecular weight is 526 g/mol. The first-order valence-electron chi connectivity index (χ1n) is 12.7. The van der Waals surface area contributed by atoms with Gasteiger partial charge in [0.05, 0.1) is 18.3 Å². The van der Waals surface area contributed by atoms with E-state index in [-0.39, 0.29) is 17.1 Å². The second kappa shape index (κ2) is 10.6. The number of hydrogen-bond donors (Lipinski definition) is 2. The molecule has 1 aromatic rings. The molecule has 2 saturated carbocycles. The summed E-state index contributed by atoms with van der Waals surface area (Å²) < 4.78 is 36.2. The van der Waals surface area contributed by atoms with Crippen molar-refractivity contribution in [2.45, 2.75) is 70.0 Å². The van der Waals surface area contributed by atoms with Crippen LogP contribution in [0.15, 0.2) is 24.3 Å². The van der Waals surface area contributed by atoms with Gasteiger partial charge in [0.25, 0.3) is 10.1 Å². The molecule has 7 nitrogen and oxygen atoms in total. The number of ether oxygens (including phenoxy) is 1. The Morgan fingerprint density at radius 3 is 2.17 bits per heavy atom. The van der Waals surface area contributed by atoms with Crippen molar-refractivity contribution in [3.8, 4) is 5.75 Å². The van der Waals surface area contributed by atoms with Crippen LogP contribution in [0.2, 0.25) is 12.1 Å². The number of likely N-dealkylation sites (N-methyl/N-ethyl adjacent to an activating group) is 1. The lowest BCUT2D eigenvalue weighted by Crippen LogP contribution is -2.47. The summed E-state index contributed by atoms with van der Waals surface area (Å²) in [6.07, 6.45) is 5.65. The van der Waals surface area contributed by atoms with Gasteiger partial charge in [-0.3, -0.25) is 9.35 Å². The Morgan fingerprint density at radius 1 is 1.14 bits per heavy atom. The second-order valence-corrected chi connectivity index (χ2v) is 17.0. The van der Waals surface area contributed by atoms with Crippen molar-refractivity contribution < 1.29 is 27.3 Å². The largest absolute Gasteiger partial charge is 0.497 e. The van der Waals surface area contributed by atoms with Crippen molar-refractivity contribution in [1.82, 2.24) is 4.90 Å². The summed E-state index contributed by atoms with van der Waals surface area (Å²) >= 11 is 0. The lowest BCUT2D eigenvalue weighted by Gasteiger charge is -2.38. The zero-order valence-corrected chi connectivity index (χ0v) is 23.7. The SMILES string of the molecule is CC1(C)C2CCC1(CS(=O)(=O)O)C(=O)C2.COc1ccc(C(CN(C)C)[Si]2(O)CCCCC2)cc1. The first-order chi connectivity index (χ1) is 16.2. The molecule has 0 spiro atoms. The summed E-state index contributed by atoms with van der Waals surface area (Å²) in [6, 6.07) is 10.4. The molecule has 4 rings (SSSR count). The molecule has 1 aliphatic heterocycles. The van der Waals surface area contributed by atoms with Gasteiger partial charge < -0.3 is 14.4 Å². The smallest absolute Gasteiger partial charge is 0.265 e. The Morgan fingerprint density at radius 2 is 1.74 bits per heavy atom. The van der Waals surface area contributed by atoms with Gasteiger partial charge in [-0.15, -0.1) is 0 Å². The van der Waals surface area contributed by atoms with Gasteiger partial charge >= 0.3 is 0 Å². The number of Topliss-reactive ketones (excluding diaryl/α,β-unsaturated/α-hetero) is 1. The highest BCUT2D eigenvalue weighted by atomic mass is 32.2. The fraction of sp³-hybridized carbons (Fsp3) is 0.731.